The molecule has 0 spiro atoms. The van der Waals surface area contributed by atoms with E-state index < -0.39 is 0 Å². The Labute approximate surface area is 111 Å². The molecule has 1 heterocycles. The molecule has 1 fully saturated rings. The highest BCUT2D eigenvalue weighted by Crippen LogP contribution is 2.23. The van der Waals surface area contributed by atoms with E-state index in [0.717, 1.165) is 11.4 Å². The molecule has 0 unspecified atom stereocenters. The lowest BCUT2D eigenvalue weighted by Crippen LogP contribution is -2.07. The van der Waals surface area contributed by atoms with Gasteiger partial charge in [0.1, 0.15) is 11.6 Å². The predicted molar refractivity (Wildman–Crippen MR) is 72.4 cm³/mol. The minimum atomic E-state index is -0.226. The molecule has 0 amide bonds. The molecule has 98 valence electrons. The zero-order valence-corrected chi connectivity index (χ0v) is 10.4. The first kappa shape index (κ1) is 11.9. The SMILES string of the molecule is Fc1ccc(CNc2nccc(NC3CC3)n2)cc1. The number of nitrogens with zero attached hydrogens (tertiary/aromatic N) is 2. The average molecular weight is 258 g/mol. The highest BCUT2D eigenvalue weighted by molar-refractivity contribution is 5.41. The third-order valence-corrected chi connectivity index (χ3v) is 2.95. The zero-order valence-electron chi connectivity index (χ0n) is 10.4. The molecule has 1 aromatic heterocycles. The summed E-state index contributed by atoms with van der Waals surface area (Å²) in [6.07, 6.45) is 4.15. The minimum Gasteiger partial charge on any atom is -0.367 e. The molecule has 1 saturated carbocycles. The third kappa shape index (κ3) is 3.40. The summed E-state index contributed by atoms with van der Waals surface area (Å²) in [4.78, 5) is 8.54. The first-order valence-electron chi connectivity index (χ1n) is 6.37. The molecule has 1 aliphatic rings. The van der Waals surface area contributed by atoms with Gasteiger partial charge in [-0.05, 0) is 36.6 Å². The highest BCUT2D eigenvalue weighted by Gasteiger charge is 2.21. The zero-order chi connectivity index (χ0) is 13.1. The van der Waals surface area contributed by atoms with Crippen LogP contribution in [-0.2, 0) is 6.54 Å². The van der Waals surface area contributed by atoms with Crippen molar-refractivity contribution in [3.63, 3.8) is 0 Å². The van der Waals surface area contributed by atoms with Crippen molar-refractivity contribution in [2.24, 2.45) is 0 Å². The molecule has 5 heteroatoms. The van der Waals surface area contributed by atoms with E-state index in [0.29, 0.717) is 18.5 Å². The van der Waals surface area contributed by atoms with Gasteiger partial charge in [-0.15, -0.1) is 0 Å². The number of rotatable bonds is 5. The molecule has 2 N–H and O–H groups in total. The van der Waals surface area contributed by atoms with Crippen LogP contribution in [0.5, 0.6) is 0 Å². The molecule has 0 saturated heterocycles. The number of halogens is 1. The smallest absolute Gasteiger partial charge is 0.224 e. The lowest BCUT2D eigenvalue weighted by atomic mass is 10.2. The topological polar surface area (TPSA) is 49.8 Å². The number of hydrogen-bond acceptors (Lipinski definition) is 4. The van der Waals surface area contributed by atoms with Gasteiger partial charge in [-0.1, -0.05) is 12.1 Å². The summed E-state index contributed by atoms with van der Waals surface area (Å²) in [5.74, 6) is 1.20. The molecule has 19 heavy (non-hydrogen) atoms. The van der Waals surface area contributed by atoms with Crippen molar-refractivity contribution < 1.29 is 4.39 Å². The molecule has 0 atom stereocenters. The fraction of sp³-hybridized carbons (Fsp3) is 0.286. The van der Waals surface area contributed by atoms with Gasteiger partial charge in [0.15, 0.2) is 0 Å². The van der Waals surface area contributed by atoms with E-state index in [1.165, 1.54) is 25.0 Å². The summed E-state index contributed by atoms with van der Waals surface area (Å²) in [6, 6.07) is 8.82. The lowest BCUT2D eigenvalue weighted by Gasteiger charge is -2.07. The summed E-state index contributed by atoms with van der Waals surface area (Å²) >= 11 is 0. The molecular weight excluding hydrogens is 243 g/mol. The second-order valence-corrected chi connectivity index (χ2v) is 4.66. The Hall–Kier alpha value is -2.17. The third-order valence-electron chi connectivity index (χ3n) is 2.95. The van der Waals surface area contributed by atoms with Gasteiger partial charge in [-0.2, -0.15) is 4.98 Å². The summed E-state index contributed by atoms with van der Waals surface area (Å²) in [5.41, 5.74) is 0.991. The molecule has 1 aromatic carbocycles. The van der Waals surface area contributed by atoms with E-state index in [-0.39, 0.29) is 5.82 Å². The van der Waals surface area contributed by atoms with Crippen molar-refractivity contribution in [1.29, 1.82) is 0 Å². The van der Waals surface area contributed by atoms with Crippen LogP contribution in [-0.4, -0.2) is 16.0 Å². The van der Waals surface area contributed by atoms with Crippen molar-refractivity contribution >= 4 is 11.8 Å². The average Bonchev–Trinajstić information content (AvgIpc) is 3.23. The van der Waals surface area contributed by atoms with E-state index in [1.54, 1.807) is 18.3 Å². The van der Waals surface area contributed by atoms with Gasteiger partial charge in [-0.3, -0.25) is 0 Å². The molecule has 4 nitrogen and oxygen atoms in total. The van der Waals surface area contributed by atoms with E-state index in [1.807, 2.05) is 6.07 Å². The fourth-order valence-electron chi connectivity index (χ4n) is 1.74. The Morgan fingerprint density at radius 1 is 1.16 bits per heavy atom. The molecule has 0 radical (unpaired) electrons. The van der Waals surface area contributed by atoms with Crippen molar-refractivity contribution in [3.8, 4) is 0 Å². The molecular formula is C14H15FN4. The van der Waals surface area contributed by atoms with Gasteiger partial charge in [-0.25, -0.2) is 9.37 Å². The quantitative estimate of drug-likeness (QED) is 0.865. The Balaban J connectivity index is 1.60. The standard InChI is InChI=1S/C14H15FN4/c15-11-3-1-10(2-4-11)9-17-14-16-8-7-13(19-14)18-12-5-6-12/h1-4,7-8,12H,5-6,9H2,(H2,16,17,18,19). The van der Waals surface area contributed by atoms with Crippen LogP contribution in [0.15, 0.2) is 36.5 Å². The van der Waals surface area contributed by atoms with E-state index in [9.17, 15) is 4.39 Å². The normalized spacial score (nSPS) is 14.2. The Morgan fingerprint density at radius 2 is 1.95 bits per heavy atom. The Morgan fingerprint density at radius 3 is 2.68 bits per heavy atom. The first-order chi connectivity index (χ1) is 9.29. The molecule has 0 aliphatic heterocycles. The number of anilines is 2. The number of benzene rings is 1. The van der Waals surface area contributed by atoms with Crippen LogP contribution < -0.4 is 10.6 Å². The second-order valence-electron chi connectivity index (χ2n) is 4.66. The molecule has 1 aliphatic carbocycles. The van der Waals surface area contributed by atoms with Gasteiger partial charge in [0.05, 0.1) is 0 Å². The summed E-state index contributed by atoms with van der Waals surface area (Å²) in [7, 11) is 0. The van der Waals surface area contributed by atoms with E-state index >= 15 is 0 Å². The van der Waals surface area contributed by atoms with Crippen LogP contribution in [0, 0.1) is 5.82 Å². The maximum atomic E-state index is 12.8. The number of hydrogen-bond donors (Lipinski definition) is 2. The minimum absolute atomic E-state index is 0.226. The van der Waals surface area contributed by atoms with Crippen LogP contribution in [0.4, 0.5) is 16.2 Å². The van der Waals surface area contributed by atoms with Crippen molar-refractivity contribution in [3.05, 3.63) is 47.9 Å². The van der Waals surface area contributed by atoms with Crippen LogP contribution >= 0.6 is 0 Å². The van der Waals surface area contributed by atoms with E-state index in [4.69, 9.17) is 0 Å². The van der Waals surface area contributed by atoms with Crippen molar-refractivity contribution in [2.75, 3.05) is 10.6 Å². The Bertz CT molecular complexity index is 552. The van der Waals surface area contributed by atoms with Crippen molar-refractivity contribution in [2.45, 2.75) is 25.4 Å². The van der Waals surface area contributed by atoms with E-state index in [2.05, 4.69) is 20.6 Å². The van der Waals surface area contributed by atoms with Crippen molar-refractivity contribution in [1.82, 2.24) is 9.97 Å². The summed E-state index contributed by atoms with van der Waals surface area (Å²) in [5, 5.41) is 6.45. The van der Waals surface area contributed by atoms with Gasteiger partial charge in [0, 0.05) is 18.8 Å². The maximum absolute atomic E-state index is 12.8. The maximum Gasteiger partial charge on any atom is 0.224 e. The summed E-state index contributed by atoms with van der Waals surface area (Å²) < 4.78 is 12.8. The molecule has 2 aromatic rings. The molecule has 0 bridgehead atoms. The van der Waals surface area contributed by atoms with Crippen LogP contribution in [0.25, 0.3) is 0 Å². The van der Waals surface area contributed by atoms with Gasteiger partial charge < -0.3 is 10.6 Å². The fourth-order valence-corrected chi connectivity index (χ4v) is 1.74. The van der Waals surface area contributed by atoms with Gasteiger partial charge in [0.2, 0.25) is 5.95 Å². The summed E-state index contributed by atoms with van der Waals surface area (Å²) in [6.45, 7) is 0.577. The van der Waals surface area contributed by atoms with Crippen LogP contribution in [0.3, 0.4) is 0 Å². The van der Waals surface area contributed by atoms with Crippen LogP contribution in [0.2, 0.25) is 0 Å². The van der Waals surface area contributed by atoms with Crippen LogP contribution in [0.1, 0.15) is 18.4 Å². The number of aromatic nitrogens is 2. The number of nitrogens with one attached hydrogen (secondary N) is 2. The lowest BCUT2D eigenvalue weighted by molar-refractivity contribution is 0.627. The highest BCUT2D eigenvalue weighted by atomic mass is 19.1. The monoisotopic (exact) mass is 258 g/mol. The largest absolute Gasteiger partial charge is 0.367 e. The predicted octanol–water partition coefficient (Wildman–Crippen LogP) is 2.80. The first-order valence-corrected chi connectivity index (χ1v) is 6.37. The Kier molecular flexibility index (Phi) is 3.27. The van der Waals surface area contributed by atoms with Gasteiger partial charge >= 0.3 is 0 Å². The second kappa shape index (κ2) is 5.22. The van der Waals surface area contributed by atoms with Gasteiger partial charge in [0.25, 0.3) is 0 Å². The molecule has 3 rings (SSSR count).